The second-order valence-electron chi connectivity index (χ2n) is 7.41. The van der Waals surface area contributed by atoms with Crippen molar-refractivity contribution >= 4 is 12.1 Å². The number of nitrogens with one attached hydrogen (secondary N) is 1. The van der Waals surface area contributed by atoms with Crippen molar-refractivity contribution in [2.75, 3.05) is 0 Å². The number of rotatable bonds is 5. The number of hydrogen-bond donors (Lipinski definition) is 2. The highest BCUT2D eigenvalue weighted by Gasteiger charge is 2.29. The number of esters is 1. The Labute approximate surface area is 148 Å². The first-order chi connectivity index (χ1) is 11.7. The second kappa shape index (κ2) is 8.23. The van der Waals surface area contributed by atoms with Crippen LogP contribution in [0.1, 0.15) is 52.0 Å². The molecule has 0 bridgehead atoms. The molecule has 1 fully saturated rings. The molecule has 25 heavy (non-hydrogen) atoms. The van der Waals surface area contributed by atoms with Gasteiger partial charge in [-0.05, 0) is 64.2 Å². The molecule has 2 rings (SSSR count). The number of carbonyl (C=O) groups is 2. The summed E-state index contributed by atoms with van der Waals surface area (Å²) < 4.78 is 10.8. The van der Waals surface area contributed by atoms with Crippen LogP contribution >= 0.6 is 0 Å². The van der Waals surface area contributed by atoms with Crippen LogP contribution in [0.15, 0.2) is 24.3 Å². The Morgan fingerprint density at radius 1 is 1.20 bits per heavy atom. The van der Waals surface area contributed by atoms with Gasteiger partial charge in [0.1, 0.15) is 23.5 Å². The van der Waals surface area contributed by atoms with E-state index in [-0.39, 0.29) is 18.3 Å². The SMILES string of the molecule is CC(C)(C)OC(=O)N[C@@H](Cc1ccc(O)cc1)C(=O)OC1CCCC1. The summed E-state index contributed by atoms with van der Waals surface area (Å²) in [6.07, 6.45) is 3.38. The average molecular weight is 349 g/mol. The van der Waals surface area contributed by atoms with Gasteiger partial charge >= 0.3 is 12.1 Å². The van der Waals surface area contributed by atoms with Crippen LogP contribution in [0.4, 0.5) is 4.79 Å². The first kappa shape index (κ1) is 19.1. The fourth-order valence-electron chi connectivity index (χ4n) is 2.76. The fourth-order valence-corrected chi connectivity index (χ4v) is 2.76. The van der Waals surface area contributed by atoms with Crippen LogP contribution in [0.25, 0.3) is 0 Å². The molecule has 1 aliphatic carbocycles. The monoisotopic (exact) mass is 349 g/mol. The van der Waals surface area contributed by atoms with E-state index in [0.717, 1.165) is 31.2 Å². The smallest absolute Gasteiger partial charge is 0.408 e. The van der Waals surface area contributed by atoms with Gasteiger partial charge < -0.3 is 19.9 Å². The van der Waals surface area contributed by atoms with Crippen molar-refractivity contribution in [3.05, 3.63) is 29.8 Å². The van der Waals surface area contributed by atoms with Gasteiger partial charge in [-0.25, -0.2) is 9.59 Å². The molecule has 6 heteroatoms. The number of phenols is 1. The maximum absolute atomic E-state index is 12.5. The molecule has 0 heterocycles. The molecule has 1 saturated carbocycles. The highest BCUT2D eigenvalue weighted by molar-refractivity contribution is 5.82. The van der Waals surface area contributed by atoms with Crippen molar-refractivity contribution < 1.29 is 24.2 Å². The lowest BCUT2D eigenvalue weighted by Gasteiger charge is -2.24. The van der Waals surface area contributed by atoms with Crippen molar-refractivity contribution in [1.82, 2.24) is 5.32 Å². The Morgan fingerprint density at radius 3 is 2.36 bits per heavy atom. The van der Waals surface area contributed by atoms with E-state index >= 15 is 0 Å². The van der Waals surface area contributed by atoms with Crippen LogP contribution in [0.2, 0.25) is 0 Å². The van der Waals surface area contributed by atoms with E-state index < -0.39 is 23.7 Å². The number of carbonyl (C=O) groups excluding carboxylic acids is 2. The van der Waals surface area contributed by atoms with Crippen LogP contribution in [0.5, 0.6) is 5.75 Å². The molecule has 0 unspecified atom stereocenters. The van der Waals surface area contributed by atoms with Crippen LogP contribution in [-0.4, -0.2) is 34.9 Å². The maximum atomic E-state index is 12.5. The summed E-state index contributed by atoms with van der Waals surface area (Å²) in [4.78, 5) is 24.6. The minimum atomic E-state index is -0.833. The van der Waals surface area contributed by atoms with Gasteiger partial charge in [0.2, 0.25) is 0 Å². The van der Waals surface area contributed by atoms with Crippen LogP contribution in [-0.2, 0) is 20.7 Å². The summed E-state index contributed by atoms with van der Waals surface area (Å²) in [5.41, 5.74) is 0.157. The molecule has 0 aromatic heterocycles. The molecule has 1 atom stereocenters. The van der Waals surface area contributed by atoms with E-state index in [2.05, 4.69) is 5.32 Å². The number of hydrogen-bond acceptors (Lipinski definition) is 5. The van der Waals surface area contributed by atoms with Crippen molar-refractivity contribution in [3.8, 4) is 5.75 Å². The number of benzene rings is 1. The molecule has 0 spiro atoms. The Kier molecular flexibility index (Phi) is 6.28. The molecular formula is C19H27NO5. The zero-order chi connectivity index (χ0) is 18.4. The van der Waals surface area contributed by atoms with Gasteiger partial charge in [-0.3, -0.25) is 0 Å². The van der Waals surface area contributed by atoms with Gasteiger partial charge in [0.25, 0.3) is 0 Å². The Bertz CT molecular complexity index is 585. The molecule has 1 aromatic rings. The van der Waals surface area contributed by atoms with E-state index in [1.54, 1.807) is 45.0 Å². The van der Waals surface area contributed by atoms with Crippen molar-refractivity contribution in [1.29, 1.82) is 0 Å². The zero-order valence-electron chi connectivity index (χ0n) is 15.1. The summed E-state index contributed by atoms with van der Waals surface area (Å²) in [5.74, 6) is -0.306. The Morgan fingerprint density at radius 2 is 1.80 bits per heavy atom. The van der Waals surface area contributed by atoms with E-state index in [1.165, 1.54) is 0 Å². The molecule has 2 N–H and O–H groups in total. The van der Waals surface area contributed by atoms with E-state index in [1.807, 2.05) is 0 Å². The zero-order valence-corrected chi connectivity index (χ0v) is 15.1. The third kappa shape index (κ3) is 6.64. The molecule has 138 valence electrons. The molecule has 0 saturated heterocycles. The molecule has 6 nitrogen and oxygen atoms in total. The van der Waals surface area contributed by atoms with Gasteiger partial charge in [-0.1, -0.05) is 12.1 Å². The molecule has 1 aromatic carbocycles. The lowest BCUT2D eigenvalue weighted by atomic mass is 10.1. The average Bonchev–Trinajstić information content (AvgIpc) is 2.99. The molecule has 0 radical (unpaired) electrons. The standard InChI is InChI=1S/C19H27NO5/c1-19(2,3)25-18(23)20-16(12-13-8-10-14(21)11-9-13)17(22)24-15-6-4-5-7-15/h8-11,15-16,21H,4-7,12H2,1-3H3,(H,20,23)/t16-/m0/s1. The topological polar surface area (TPSA) is 84.9 Å². The Balaban J connectivity index is 2.04. The van der Waals surface area contributed by atoms with Crippen LogP contribution in [0.3, 0.4) is 0 Å². The first-order valence-corrected chi connectivity index (χ1v) is 8.71. The third-order valence-corrected chi connectivity index (χ3v) is 3.94. The number of phenolic OH excluding ortho intramolecular Hbond substituents is 1. The van der Waals surface area contributed by atoms with Gasteiger partial charge in [0, 0.05) is 6.42 Å². The normalized spacial score (nSPS) is 16.3. The lowest BCUT2D eigenvalue weighted by Crippen LogP contribution is -2.46. The predicted molar refractivity (Wildman–Crippen MR) is 93.3 cm³/mol. The number of amides is 1. The molecule has 1 amide bonds. The quantitative estimate of drug-likeness (QED) is 0.797. The summed E-state index contributed by atoms with van der Waals surface area (Å²) >= 11 is 0. The minimum absolute atomic E-state index is 0.0738. The molecular weight excluding hydrogens is 322 g/mol. The van der Waals surface area contributed by atoms with Crippen LogP contribution in [0, 0.1) is 0 Å². The van der Waals surface area contributed by atoms with Crippen molar-refractivity contribution in [2.45, 2.75) is 70.6 Å². The summed E-state index contributed by atoms with van der Waals surface area (Å²) in [6, 6.07) is 5.67. The maximum Gasteiger partial charge on any atom is 0.408 e. The van der Waals surface area contributed by atoms with Crippen molar-refractivity contribution in [2.24, 2.45) is 0 Å². The number of aromatic hydroxyl groups is 1. The number of alkyl carbamates (subject to hydrolysis) is 1. The fraction of sp³-hybridized carbons (Fsp3) is 0.579. The van der Waals surface area contributed by atoms with E-state index in [0.29, 0.717) is 0 Å². The highest BCUT2D eigenvalue weighted by atomic mass is 16.6. The van der Waals surface area contributed by atoms with Gasteiger partial charge in [0.05, 0.1) is 0 Å². The first-order valence-electron chi connectivity index (χ1n) is 8.71. The van der Waals surface area contributed by atoms with Crippen molar-refractivity contribution in [3.63, 3.8) is 0 Å². The third-order valence-electron chi connectivity index (χ3n) is 3.94. The predicted octanol–water partition coefficient (Wildman–Crippen LogP) is 3.31. The summed E-state index contributed by atoms with van der Waals surface area (Å²) in [6.45, 7) is 5.29. The summed E-state index contributed by atoms with van der Waals surface area (Å²) in [5, 5.41) is 12.0. The van der Waals surface area contributed by atoms with Gasteiger partial charge in [0.15, 0.2) is 0 Å². The number of ether oxygens (including phenoxy) is 2. The largest absolute Gasteiger partial charge is 0.508 e. The molecule has 0 aliphatic heterocycles. The Hall–Kier alpha value is -2.24. The second-order valence-corrected chi connectivity index (χ2v) is 7.41. The minimum Gasteiger partial charge on any atom is -0.508 e. The van der Waals surface area contributed by atoms with Gasteiger partial charge in [-0.15, -0.1) is 0 Å². The van der Waals surface area contributed by atoms with E-state index in [9.17, 15) is 14.7 Å². The van der Waals surface area contributed by atoms with Crippen LogP contribution < -0.4 is 5.32 Å². The highest BCUT2D eigenvalue weighted by Crippen LogP contribution is 2.22. The lowest BCUT2D eigenvalue weighted by molar-refractivity contribution is -0.151. The van der Waals surface area contributed by atoms with E-state index in [4.69, 9.17) is 9.47 Å². The molecule has 1 aliphatic rings. The van der Waals surface area contributed by atoms with Gasteiger partial charge in [-0.2, -0.15) is 0 Å². The summed E-state index contributed by atoms with van der Waals surface area (Å²) in [7, 11) is 0.